The molecule has 0 fully saturated rings. The molecule has 0 aliphatic carbocycles. The molecule has 2 heterocycles. The van der Waals surface area contributed by atoms with Crippen molar-refractivity contribution >= 4 is 38.6 Å². The van der Waals surface area contributed by atoms with Gasteiger partial charge in [0.1, 0.15) is 0 Å². The Bertz CT molecular complexity index is 550. The predicted octanol–water partition coefficient (Wildman–Crippen LogP) is 3.66. The van der Waals surface area contributed by atoms with Gasteiger partial charge in [-0.2, -0.15) is 0 Å². The average Bonchev–Trinajstić information content (AvgIpc) is 2.88. The summed E-state index contributed by atoms with van der Waals surface area (Å²) in [4.78, 5) is 3.75. The fourth-order valence-electron chi connectivity index (χ4n) is 2.35. The second-order valence-corrected chi connectivity index (χ2v) is 6.17. The molecule has 1 aliphatic heterocycles. The van der Waals surface area contributed by atoms with E-state index in [1.807, 2.05) is 12.1 Å². The summed E-state index contributed by atoms with van der Waals surface area (Å²) in [5.74, 6) is 0. The Balaban J connectivity index is 1.89. The minimum atomic E-state index is 0.899. The number of benzene rings is 1. The van der Waals surface area contributed by atoms with E-state index in [-0.39, 0.29) is 0 Å². The number of nitrogen functional groups attached to an aromatic ring is 1. The minimum Gasteiger partial charge on any atom is -0.397 e. The van der Waals surface area contributed by atoms with Crippen LogP contribution in [0.3, 0.4) is 0 Å². The van der Waals surface area contributed by atoms with Crippen molar-refractivity contribution in [3.8, 4) is 0 Å². The normalized spacial score (nSPS) is 14.1. The van der Waals surface area contributed by atoms with Crippen molar-refractivity contribution < 1.29 is 0 Å². The summed E-state index contributed by atoms with van der Waals surface area (Å²) in [5, 5.41) is 2.13. The number of thiophene rings is 1. The molecule has 0 radical (unpaired) electrons. The lowest BCUT2D eigenvalue weighted by molar-refractivity contribution is 0.847. The predicted molar refractivity (Wildman–Crippen MR) is 77.6 cm³/mol. The lowest BCUT2D eigenvalue weighted by Gasteiger charge is -2.20. The Morgan fingerprint density at radius 1 is 1.41 bits per heavy atom. The number of hydrogen-bond donors (Lipinski definition) is 1. The highest BCUT2D eigenvalue weighted by molar-refractivity contribution is 9.10. The van der Waals surface area contributed by atoms with Crippen molar-refractivity contribution in [2.24, 2.45) is 0 Å². The zero-order valence-electron chi connectivity index (χ0n) is 9.32. The maximum Gasteiger partial charge on any atom is 0.0636 e. The number of nitrogens with two attached hydrogens (primary N) is 1. The second kappa shape index (κ2) is 4.35. The van der Waals surface area contributed by atoms with Gasteiger partial charge in [-0.05, 0) is 40.0 Å². The summed E-state index contributed by atoms with van der Waals surface area (Å²) in [6.45, 7) is 2.02. The molecule has 2 aromatic rings. The molecule has 4 heteroatoms. The van der Waals surface area contributed by atoms with Gasteiger partial charge in [-0.15, -0.1) is 11.3 Å². The standard InChI is InChI=1S/C13H13BrN2S/c14-10-6-11(17-8-10)7-16-5-4-9-2-1-3-12(15)13(9)16/h1-3,6,8H,4-5,7,15H2. The van der Waals surface area contributed by atoms with Gasteiger partial charge in [0.25, 0.3) is 0 Å². The Hall–Kier alpha value is -1.000. The molecule has 0 bridgehead atoms. The lowest BCUT2D eigenvalue weighted by atomic mass is 10.1. The molecule has 0 unspecified atom stereocenters. The van der Waals surface area contributed by atoms with Crippen LogP contribution in [0, 0.1) is 0 Å². The molecular formula is C13H13BrN2S. The smallest absolute Gasteiger partial charge is 0.0636 e. The monoisotopic (exact) mass is 308 g/mol. The van der Waals surface area contributed by atoms with Gasteiger partial charge in [0.15, 0.2) is 0 Å². The quantitative estimate of drug-likeness (QED) is 0.858. The van der Waals surface area contributed by atoms with Crippen molar-refractivity contribution in [2.75, 3.05) is 17.2 Å². The molecule has 0 amide bonds. The van der Waals surface area contributed by atoms with Gasteiger partial charge in [0.2, 0.25) is 0 Å². The molecule has 2 N–H and O–H groups in total. The maximum absolute atomic E-state index is 6.07. The van der Waals surface area contributed by atoms with Crippen molar-refractivity contribution in [2.45, 2.75) is 13.0 Å². The molecule has 0 spiro atoms. The van der Waals surface area contributed by atoms with E-state index >= 15 is 0 Å². The highest BCUT2D eigenvalue weighted by atomic mass is 79.9. The van der Waals surface area contributed by atoms with Gasteiger partial charge >= 0.3 is 0 Å². The summed E-state index contributed by atoms with van der Waals surface area (Å²) in [6.07, 6.45) is 1.10. The van der Waals surface area contributed by atoms with Crippen LogP contribution >= 0.6 is 27.3 Å². The van der Waals surface area contributed by atoms with Crippen molar-refractivity contribution in [3.63, 3.8) is 0 Å². The van der Waals surface area contributed by atoms with E-state index < -0.39 is 0 Å². The first-order valence-corrected chi connectivity index (χ1v) is 7.26. The molecular weight excluding hydrogens is 296 g/mol. The van der Waals surface area contributed by atoms with E-state index in [0.717, 1.165) is 29.7 Å². The minimum absolute atomic E-state index is 0.899. The Morgan fingerprint density at radius 3 is 3.06 bits per heavy atom. The van der Waals surface area contributed by atoms with Gasteiger partial charge in [-0.3, -0.25) is 0 Å². The Kier molecular flexibility index (Phi) is 2.84. The third-order valence-electron chi connectivity index (χ3n) is 3.09. The third-order valence-corrected chi connectivity index (χ3v) is 4.77. The van der Waals surface area contributed by atoms with Crippen LogP contribution in [0.5, 0.6) is 0 Å². The zero-order valence-corrected chi connectivity index (χ0v) is 11.7. The van der Waals surface area contributed by atoms with E-state index in [1.54, 1.807) is 11.3 Å². The molecule has 88 valence electrons. The first-order chi connectivity index (χ1) is 8.24. The average molecular weight is 309 g/mol. The lowest BCUT2D eigenvalue weighted by Crippen LogP contribution is -2.19. The van der Waals surface area contributed by atoms with Crippen LogP contribution in [0.2, 0.25) is 0 Å². The summed E-state index contributed by atoms with van der Waals surface area (Å²) in [7, 11) is 0. The van der Waals surface area contributed by atoms with E-state index in [4.69, 9.17) is 5.73 Å². The van der Waals surface area contributed by atoms with E-state index in [9.17, 15) is 0 Å². The number of anilines is 2. The first kappa shape index (κ1) is 11.1. The van der Waals surface area contributed by atoms with E-state index in [2.05, 4.69) is 38.3 Å². The Morgan fingerprint density at radius 2 is 2.29 bits per heavy atom. The molecule has 17 heavy (non-hydrogen) atoms. The zero-order chi connectivity index (χ0) is 11.8. The molecule has 2 nitrogen and oxygen atoms in total. The van der Waals surface area contributed by atoms with Crippen LogP contribution in [-0.4, -0.2) is 6.54 Å². The molecule has 1 aliphatic rings. The fourth-order valence-corrected chi connectivity index (χ4v) is 3.81. The van der Waals surface area contributed by atoms with Crippen LogP contribution in [0.15, 0.2) is 34.1 Å². The third kappa shape index (κ3) is 2.07. The second-order valence-electron chi connectivity index (χ2n) is 4.26. The number of halogens is 1. The molecule has 1 aromatic heterocycles. The highest BCUT2D eigenvalue weighted by Gasteiger charge is 2.21. The van der Waals surface area contributed by atoms with Crippen LogP contribution in [-0.2, 0) is 13.0 Å². The van der Waals surface area contributed by atoms with E-state index in [1.165, 1.54) is 16.1 Å². The van der Waals surface area contributed by atoms with Crippen LogP contribution in [0.25, 0.3) is 0 Å². The van der Waals surface area contributed by atoms with Crippen molar-refractivity contribution in [1.29, 1.82) is 0 Å². The Labute approximate surface area is 113 Å². The van der Waals surface area contributed by atoms with Gasteiger partial charge in [-0.1, -0.05) is 12.1 Å². The number of fused-ring (bicyclic) bond motifs is 1. The summed E-state index contributed by atoms with van der Waals surface area (Å²) in [6, 6.07) is 8.39. The molecule has 0 saturated carbocycles. The summed E-state index contributed by atoms with van der Waals surface area (Å²) < 4.78 is 1.16. The number of hydrogen-bond acceptors (Lipinski definition) is 3. The highest BCUT2D eigenvalue weighted by Crippen LogP contribution is 2.35. The van der Waals surface area contributed by atoms with Gasteiger partial charge in [-0.25, -0.2) is 0 Å². The molecule has 0 saturated heterocycles. The summed E-state index contributed by atoms with van der Waals surface area (Å²) >= 11 is 5.28. The van der Waals surface area contributed by atoms with E-state index in [0.29, 0.717) is 0 Å². The molecule has 0 atom stereocenters. The molecule has 3 rings (SSSR count). The topological polar surface area (TPSA) is 29.3 Å². The summed E-state index contributed by atoms with van der Waals surface area (Å²) in [5.41, 5.74) is 9.58. The maximum atomic E-state index is 6.07. The van der Waals surface area contributed by atoms with Gasteiger partial charge in [0.05, 0.1) is 17.9 Å². The van der Waals surface area contributed by atoms with Crippen LogP contribution < -0.4 is 10.6 Å². The SMILES string of the molecule is Nc1cccc2c1N(Cc1cc(Br)cs1)CC2. The first-order valence-electron chi connectivity index (χ1n) is 5.59. The van der Waals surface area contributed by atoms with Gasteiger partial charge in [0, 0.05) is 21.3 Å². The fraction of sp³-hybridized carbons (Fsp3) is 0.231. The number of rotatable bonds is 2. The molecule has 1 aromatic carbocycles. The van der Waals surface area contributed by atoms with Crippen molar-refractivity contribution in [3.05, 3.63) is 44.6 Å². The van der Waals surface area contributed by atoms with Gasteiger partial charge < -0.3 is 10.6 Å². The largest absolute Gasteiger partial charge is 0.397 e. The van der Waals surface area contributed by atoms with Crippen LogP contribution in [0.4, 0.5) is 11.4 Å². The number of nitrogens with zero attached hydrogens (tertiary/aromatic N) is 1. The number of para-hydroxylation sites is 1. The van der Waals surface area contributed by atoms with Crippen molar-refractivity contribution in [1.82, 2.24) is 0 Å². The van der Waals surface area contributed by atoms with Crippen LogP contribution in [0.1, 0.15) is 10.4 Å².